The van der Waals surface area contributed by atoms with E-state index in [0.29, 0.717) is 0 Å². The zero-order valence-corrected chi connectivity index (χ0v) is 13.5. The molecule has 1 heterocycles. The summed E-state index contributed by atoms with van der Waals surface area (Å²) in [6.07, 6.45) is 4.72. The van der Waals surface area contributed by atoms with Crippen LogP contribution in [-0.2, 0) is 19.3 Å². The van der Waals surface area contributed by atoms with E-state index in [4.69, 9.17) is 5.73 Å². The summed E-state index contributed by atoms with van der Waals surface area (Å²) < 4.78 is 1.20. The Bertz CT molecular complexity index is 583. The van der Waals surface area contributed by atoms with Crippen molar-refractivity contribution in [3.8, 4) is 0 Å². The molecule has 2 aromatic rings. The van der Waals surface area contributed by atoms with Gasteiger partial charge in [-0.2, -0.15) is 0 Å². The second kappa shape index (κ2) is 5.39. The average molecular weight is 336 g/mol. The third-order valence-corrected chi connectivity index (χ3v) is 6.13. The van der Waals surface area contributed by atoms with Crippen LogP contribution in [0.4, 0.5) is 0 Å². The van der Waals surface area contributed by atoms with Crippen molar-refractivity contribution in [3.63, 3.8) is 0 Å². The molecule has 0 radical (unpaired) electrons. The first-order valence-electron chi connectivity index (χ1n) is 6.75. The molecule has 1 unspecified atom stereocenters. The van der Waals surface area contributed by atoms with Crippen LogP contribution in [0.5, 0.6) is 0 Å². The molecule has 19 heavy (non-hydrogen) atoms. The van der Waals surface area contributed by atoms with E-state index >= 15 is 0 Å². The fourth-order valence-electron chi connectivity index (χ4n) is 2.77. The van der Waals surface area contributed by atoms with Gasteiger partial charge in [-0.3, -0.25) is 0 Å². The van der Waals surface area contributed by atoms with Gasteiger partial charge in [0.2, 0.25) is 0 Å². The SMILES string of the molecule is Cc1cc(C(N)Cc2ccc3c(c2)CCC3)sc1Br. The van der Waals surface area contributed by atoms with E-state index in [1.165, 1.54) is 50.2 Å². The normalized spacial score (nSPS) is 15.5. The Morgan fingerprint density at radius 3 is 2.79 bits per heavy atom. The lowest BCUT2D eigenvalue weighted by molar-refractivity contribution is 0.735. The standard InChI is InChI=1S/C16H18BrNS/c1-10-7-15(19-16(10)17)14(18)9-11-5-6-12-3-2-4-13(12)8-11/h5-8,14H,2-4,9,18H2,1H3. The largest absolute Gasteiger partial charge is 0.323 e. The highest BCUT2D eigenvalue weighted by Gasteiger charge is 2.14. The molecule has 0 fully saturated rings. The monoisotopic (exact) mass is 335 g/mol. The van der Waals surface area contributed by atoms with Gasteiger partial charge in [0.05, 0.1) is 3.79 Å². The molecule has 3 heteroatoms. The highest BCUT2D eigenvalue weighted by molar-refractivity contribution is 9.11. The number of hydrogen-bond acceptors (Lipinski definition) is 2. The van der Waals surface area contributed by atoms with Crippen LogP contribution in [-0.4, -0.2) is 0 Å². The van der Waals surface area contributed by atoms with Gasteiger partial charge in [0.15, 0.2) is 0 Å². The molecule has 1 aromatic carbocycles. The summed E-state index contributed by atoms with van der Waals surface area (Å²) in [4.78, 5) is 1.27. The summed E-state index contributed by atoms with van der Waals surface area (Å²) in [5.41, 5.74) is 12.1. The Hall–Kier alpha value is -0.640. The van der Waals surface area contributed by atoms with Gasteiger partial charge >= 0.3 is 0 Å². The molecule has 0 spiro atoms. The van der Waals surface area contributed by atoms with Crippen LogP contribution in [0.2, 0.25) is 0 Å². The third-order valence-electron chi connectivity index (χ3n) is 3.86. The maximum atomic E-state index is 6.34. The summed E-state index contributed by atoms with van der Waals surface area (Å²) in [5.74, 6) is 0. The highest BCUT2D eigenvalue weighted by atomic mass is 79.9. The van der Waals surface area contributed by atoms with E-state index in [1.54, 1.807) is 11.3 Å². The Morgan fingerprint density at radius 2 is 2.05 bits per heavy atom. The lowest BCUT2D eigenvalue weighted by atomic mass is 10.0. The molecule has 1 atom stereocenters. The summed E-state index contributed by atoms with van der Waals surface area (Å²) >= 11 is 5.33. The quantitative estimate of drug-likeness (QED) is 0.874. The van der Waals surface area contributed by atoms with Crippen molar-refractivity contribution in [3.05, 3.63) is 55.2 Å². The number of thiophene rings is 1. The van der Waals surface area contributed by atoms with Crippen molar-refractivity contribution < 1.29 is 0 Å². The first kappa shape index (κ1) is 13.3. The number of rotatable bonds is 3. The van der Waals surface area contributed by atoms with Crippen molar-refractivity contribution in [2.75, 3.05) is 0 Å². The van der Waals surface area contributed by atoms with Gasteiger partial charge in [-0.25, -0.2) is 0 Å². The minimum absolute atomic E-state index is 0.106. The smallest absolute Gasteiger partial charge is 0.0731 e. The molecular weight excluding hydrogens is 318 g/mol. The Morgan fingerprint density at radius 1 is 1.26 bits per heavy atom. The number of hydrogen-bond donors (Lipinski definition) is 1. The Kier molecular flexibility index (Phi) is 3.79. The molecule has 0 amide bonds. The molecule has 1 aromatic heterocycles. The predicted molar refractivity (Wildman–Crippen MR) is 85.9 cm³/mol. The second-order valence-electron chi connectivity index (χ2n) is 5.37. The molecule has 0 saturated carbocycles. The molecule has 0 bridgehead atoms. The van der Waals surface area contributed by atoms with Gasteiger partial charge in [0.25, 0.3) is 0 Å². The van der Waals surface area contributed by atoms with Crippen molar-refractivity contribution in [2.24, 2.45) is 5.73 Å². The topological polar surface area (TPSA) is 26.0 Å². The van der Waals surface area contributed by atoms with E-state index < -0.39 is 0 Å². The summed E-state index contributed by atoms with van der Waals surface area (Å²) in [6, 6.07) is 9.21. The van der Waals surface area contributed by atoms with Crippen molar-refractivity contribution >= 4 is 27.3 Å². The van der Waals surface area contributed by atoms with Gasteiger partial charge in [-0.15, -0.1) is 11.3 Å². The molecule has 0 saturated heterocycles. The van der Waals surface area contributed by atoms with E-state index in [0.717, 1.165) is 6.42 Å². The van der Waals surface area contributed by atoms with Gasteiger partial charge < -0.3 is 5.73 Å². The fraction of sp³-hybridized carbons (Fsp3) is 0.375. The van der Waals surface area contributed by atoms with Crippen LogP contribution in [0.15, 0.2) is 28.1 Å². The number of halogens is 1. The maximum absolute atomic E-state index is 6.34. The van der Waals surface area contributed by atoms with Crippen LogP contribution in [0.25, 0.3) is 0 Å². The molecule has 1 aliphatic rings. The van der Waals surface area contributed by atoms with Gasteiger partial charge in [-0.1, -0.05) is 18.2 Å². The first-order valence-corrected chi connectivity index (χ1v) is 8.36. The van der Waals surface area contributed by atoms with Crippen LogP contribution >= 0.6 is 27.3 Å². The van der Waals surface area contributed by atoms with Crippen molar-refractivity contribution in [2.45, 2.75) is 38.6 Å². The molecule has 2 N–H and O–H groups in total. The van der Waals surface area contributed by atoms with E-state index in [2.05, 4.69) is 47.1 Å². The van der Waals surface area contributed by atoms with Gasteiger partial charge in [0.1, 0.15) is 0 Å². The maximum Gasteiger partial charge on any atom is 0.0731 e. The number of fused-ring (bicyclic) bond motifs is 1. The van der Waals surface area contributed by atoms with E-state index in [-0.39, 0.29) is 6.04 Å². The second-order valence-corrected chi connectivity index (χ2v) is 7.77. The summed E-state index contributed by atoms with van der Waals surface area (Å²) in [7, 11) is 0. The fourth-order valence-corrected chi connectivity index (χ4v) is 4.35. The zero-order valence-electron chi connectivity index (χ0n) is 11.1. The Labute approximate surface area is 127 Å². The molecule has 100 valence electrons. The van der Waals surface area contributed by atoms with Crippen LogP contribution < -0.4 is 5.73 Å². The molecular formula is C16H18BrNS. The number of benzene rings is 1. The molecule has 1 aliphatic carbocycles. The lowest BCUT2D eigenvalue weighted by Gasteiger charge is -2.11. The molecule has 1 nitrogen and oxygen atoms in total. The van der Waals surface area contributed by atoms with Gasteiger partial charge in [0, 0.05) is 10.9 Å². The number of nitrogens with two attached hydrogens (primary N) is 1. The lowest BCUT2D eigenvalue weighted by Crippen LogP contribution is -2.12. The highest BCUT2D eigenvalue weighted by Crippen LogP contribution is 2.32. The summed E-state index contributed by atoms with van der Waals surface area (Å²) in [6.45, 7) is 2.12. The predicted octanol–water partition coefficient (Wildman–Crippen LogP) is 4.55. The van der Waals surface area contributed by atoms with E-state index in [1.807, 2.05) is 0 Å². The van der Waals surface area contributed by atoms with Crippen LogP contribution in [0.1, 0.15) is 39.6 Å². The third kappa shape index (κ3) is 2.78. The average Bonchev–Trinajstić information content (AvgIpc) is 2.96. The van der Waals surface area contributed by atoms with Gasteiger partial charge in [-0.05, 0) is 76.9 Å². The van der Waals surface area contributed by atoms with Crippen LogP contribution in [0.3, 0.4) is 0 Å². The minimum Gasteiger partial charge on any atom is -0.323 e. The van der Waals surface area contributed by atoms with Crippen molar-refractivity contribution in [1.29, 1.82) is 0 Å². The first-order chi connectivity index (χ1) is 9.13. The van der Waals surface area contributed by atoms with Crippen molar-refractivity contribution in [1.82, 2.24) is 0 Å². The number of aryl methyl sites for hydroxylation is 3. The summed E-state index contributed by atoms with van der Waals surface area (Å²) in [5, 5.41) is 0. The van der Waals surface area contributed by atoms with E-state index in [9.17, 15) is 0 Å². The molecule has 0 aliphatic heterocycles. The van der Waals surface area contributed by atoms with Crippen LogP contribution in [0, 0.1) is 6.92 Å². The molecule has 3 rings (SSSR count). The zero-order chi connectivity index (χ0) is 13.4. The Balaban J connectivity index is 1.77. The minimum atomic E-state index is 0.106.